The van der Waals surface area contributed by atoms with E-state index >= 15 is 0 Å². The number of thioether (sulfide) groups is 1. The lowest BCUT2D eigenvalue weighted by Gasteiger charge is -2.28. The van der Waals surface area contributed by atoms with Crippen molar-refractivity contribution in [3.05, 3.63) is 70.7 Å². The molecule has 0 aromatic heterocycles. The molecule has 0 atom stereocenters. The van der Waals surface area contributed by atoms with Crippen LogP contribution in [0.2, 0.25) is 0 Å². The van der Waals surface area contributed by atoms with E-state index in [2.05, 4.69) is 81.5 Å². The Hall–Kier alpha value is -1.19. The molecule has 0 amide bonds. The molecule has 0 radical (unpaired) electrons. The van der Waals surface area contributed by atoms with Crippen LogP contribution in [-0.2, 0) is 0 Å². The minimum atomic E-state index is 0.975. The van der Waals surface area contributed by atoms with Crippen LogP contribution in [0.1, 0.15) is 5.56 Å². The number of hydrogen-bond donors (Lipinski definition) is 0. The van der Waals surface area contributed by atoms with Crippen LogP contribution in [0.15, 0.2) is 65.1 Å². The third-order valence-electron chi connectivity index (χ3n) is 3.12. The topological polar surface area (TPSA) is 3.24 Å². The molecule has 2 aromatic carbocycles. The SMILES string of the molecule is Brc1ccc(C2=CCN(c3ccccc3)CS2)cc1. The summed E-state index contributed by atoms with van der Waals surface area (Å²) in [5.41, 5.74) is 2.60. The van der Waals surface area contributed by atoms with Gasteiger partial charge < -0.3 is 4.90 Å². The van der Waals surface area contributed by atoms with Crippen molar-refractivity contribution in [3.8, 4) is 0 Å². The summed E-state index contributed by atoms with van der Waals surface area (Å²) in [5.74, 6) is 1.01. The molecule has 3 rings (SSSR count). The Bertz CT molecular complexity index is 577. The van der Waals surface area contributed by atoms with Gasteiger partial charge in [-0.05, 0) is 29.8 Å². The zero-order valence-corrected chi connectivity index (χ0v) is 12.8. The molecule has 0 spiro atoms. The summed E-state index contributed by atoms with van der Waals surface area (Å²) in [6.45, 7) is 0.975. The Morgan fingerprint density at radius 2 is 1.68 bits per heavy atom. The van der Waals surface area contributed by atoms with E-state index in [1.165, 1.54) is 16.2 Å². The predicted octanol–water partition coefficient (Wildman–Crippen LogP) is 5.00. The zero-order valence-electron chi connectivity index (χ0n) is 10.4. The molecule has 1 aliphatic rings. The fraction of sp³-hybridized carbons (Fsp3) is 0.125. The first-order valence-electron chi connectivity index (χ1n) is 6.22. The van der Waals surface area contributed by atoms with Crippen molar-refractivity contribution in [2.24, 2.45) is 0 Å². The Morgan fingerprint density at radius 3 is 2.32 bits per heavy atom. The molecule has 1 aliphatic heterocycles. The lowest BCUT2D eigenvalue weighted by atomic mass is 10.2. The summed E-state index contributed by atoms with van der Waals surface area (Å²) in [4.78, 5) is 3.76. The highest BCUT2D eigenvalue weighted by Gasteiger charge is 2.13. The van der Waals surface area contributed by atoms with E-state index < -0.39 is 0 Å². The van der Waals surface area contributed by atoms with Crippen LogP contribution >= 0.6 is 27.7 Å². The van der Waals surface area contributed by atoms with Gasteiger partial charge in [0.05, 0.1) is 5.88 Å². The van der Waals surface area contributed by atoms with Crippen LogP contribution in [0.5, 0.6) is 0 Å². The van der Waals surface area contributed by atoms with Gasteiger partial charge in [0.2, 0.25) is 0 Å². The number of halogens is 1. The van der Waals surface area contributed by atoms with Crippen molar-refractivity contribution in [1.82, 2.24) is 0 Å². The molecular formula is C16H14BrNS. The zero-order chi connectivity index (χ0) is 13.1. The van der Waals surface area contributed by atoms with Crippen molar-refractivity contribution in [2.75, 3.05) is 17.3 Å². The normalized spacial score (nSPS) is 15.2. The van der Waals surface area contributed by atoms with E-state index in [-0.39, 0.29) is 0 Å². The summed E-state index contributed by atoms with van der Waals surface area (Å²) >= 11 is 5.37. The summed E-state index contributed by atoms with van der Waals surface area (Å²) in [7, 11) is 0. The first-order chi connectivity index (χ1) is 9.33. The molecule has 0 unspecified atom stereocenters. The molecule has 96 valence electrons. The minimum absolute atomic E-state index is 0.975. The molecule has 0 fully saturated rings. The number of hydrogen-bond acceptors (Lipinski definition) is 2. The maximum absolute atomic E-state index is 3.48. The maximum Gasteiger partial charge on any atom is 0.0689 e. The Morgan fingerprint density at radius 1 is 0.947 bits per heavy atom. The third kappa shape index (κ3) is 3.04. The predicted molar refractivity (Wildman–Crippen MR) is 88.4 cm³/mol. The monoisotopic (exact) mass is 331 g/mol. The summed E-state index contributed by atoms with van der Waals surface area (Å²) in [6, 6.07) is 19.1. The second-order valence-electron chi connectivity index (χ2n) is 4.41. The van der Waals surface area contributed by atoms with Gasteiger partial charge in [0, 0.05) is 21.6 Å². The van der Waals surface area contributed by atoms with Gasteiger partial charge in [0.1, 0.15) is 0 Å². The molecule has 3 heteroatoms. The third-order valence-corrected chi connectivity index (χ3v) is 4.81. The van der Waals surface area contributed by atoms with Gasteiger partial charge in [0.25, 0.3) is 0 Å². The molecule has 0 bridgehead atoms. The summed E-state index contributed by atoms with van der Waals surface area (Å²) < 4.78 is 1.13. The fourth-order valence-corrected chi connectivity index (χ4v) is 3.40. The standard InChI is InChI=1S/C16H14BrNS/c17-14-8-6-13(7-9-14)16-10-11-18(12-19-16)15-4-2-1-3-5-15/h1-10H,11-12H2. The van der Waals surface area contributed by atoms with E-state index in [0.717, 1.165) is 16.9 Å². The van der Waals surface area contributed by atoms with E-state index in [0.29, 0.717) is 0 Å². The van der Waals surface area contributed by atoms with Crippen molar-refractivity contribution >= 4 is 38.3 Å². The highest BCUT2D eigenvalue weighted by atomic mass is 79.9. The van der Waals surface area contributed by atoms with Gasteiger partial charge in [-0.1, -0.05) is 52.3 Å². The van der Waals surface area contributed by atoms with Crippen LogP contribution in [0.4, 0.5) is 5.69 Å². The van der Waals surface area contributed by atoms with E-state index in [9.17, 15) is 0 Å². The first-order valence-corrected chi connectivity index (χ1v) is 8.00. The number of benzene rings is 2. The van der Waals surface area contributed by atoms with Crippen LogP contribution < -0.4 is 4.90 Å². The van der Waals surface area contributed by atoms with Crippen molar-refractivity contribution in [1.29, 1.82) is 0 Å². The van der Waals surface area contributed by atoms with E-state index in [1.54, 1.807) is 0 Å². The highest BCUT2D eigenvalue weighted by Crippen LogP contribution is 2.33. The Balaban J connectivity index is 1.75. The highest BCUT2D eigenvalue weighted by molar-refractivity contribution is 9.10. The lowest BCUT2D eigenvalue weighted by Crippen LogP contribution is -2.25. The minimum Gasteiger partial charge on any atom is -0.358 e. The number of nitrogens with zero attached hydrogens (tertiary/aromatic N) is 1. The average molecular weight is 332 g/mol. The molecule has 19 heavy (non-hydrogen) atoms. The molecule has 0 saturated carbocycles. The fourth-order valence-electron chi connectivity index (χ4n) is 2.09. The lowest BCUT2D eigenvalue weighted by molar-refractivity contribution is 1.00. The van der Waals surface area contributed by atoms with Crippen molar-refractivity contribution in [2.45, 2.75) is 0 Å². The molecule has 2 aromatic rings. The summed E-state index contributed by atoms with van der Waals surface area (Å²) in [6.07, 6.45) is 2.31. The van der Waals surface area contributed by atoms with E-state index in [1.807, 2.05) is 11.8 Å². The van der Waals surface area contributed by atoms with Gasteiger partial charge in [-0.2, -0.15) is 0 Å². The van der Waals surface area contributed by atoms with Crippen LogP contribution in [0.25, 0.3) is 4.91 Å². The van der Waals surface area contributed by atoms with Gasteiger partial charge in [-0.3, -0.25) is 0 Å². The van der Waals surface area contributed by atoms with Crippen LogP contribution in [0.3, 0.4) is 0 Å². The smallest absolute Gasteiger partial charge is 0.0689 e. The van der Waals surface area contributed by atoms with Crippen molar-refractivity contribution < 1.29 is 0 Å². The van der Waals surface area contributed by atoms with Gasteiger partial charge in [0.15, 0.2) is 0 Å². The molecule has 0 N–H and O–H groups in total. The maximum atomic E-state index is 3.48. The molecule has 0 aliphatic carbocycles. The first kappa shape index (κ1) is 12.8. The van der Waals surface area contributed by atoms with Gasteiger partial charge in [-0.25, -0.2) is 0 Å². The number of anilines is 1. The Kier molecular flexibility index (Phi) is 3.95. The Labute approximate surface area is 126 Å². The second-order valence-corrected chi connectivity index (χ2v) is 6.31. The van der Waals surface area contributed by atoms with Crippen molar-refractivity contribution in [3.63, 3.8) is 0 Å². The molecule has 0 saturated heterocycles. The number of rotatable bonds is 2. The largest absolute Gasteiger partial charge is 0.358 e. The van der Waals surface area contributed by atoms with Gasteiger partial charge >= 0.3 is 0 Å². The molecule has 1 heterocycles. The second kappa shape index (κ2) is 5.85. The average Bonchev–Trinajstić information content (AvgIpc) is 2.49. The van der Waals surface area contributed by atoms with Crippen LogP contribution in [-0.4, -0.2) is 12.4 Å². The molecular weight excluding hydrogens is 318 g/mol. The summed E-state index contributed by atoms with van der Waals surface area (Å²) in [5, 5.41) is 0. The molecule has 1 nitrogen and oxygen atoms in total. The van der Waals surface area contributed by atoms with Crippen LogP contribution in [0, 0.1) is 0 Å². The number of para-hydroxylation sites is 1. The quantitative estimate of drug-likeness (QED) is 0.761. The van der Waals surface area contributed by atoms with Gasteiger partial charge in [-0.15, -0.1) is 11.8 Å². The van der Waals surface area contributed by atoms with E-state index in [4.69, 9.17) is 0 Å².